The Morgan fingerprint density at radius 3 is 3.20 bits per heavy atom. The molecule has 0 bridgehead atoms. The molecule has 2 heterocycles. The Morgan fingerprint density at radius 2 is 2.47 bits per heavy atom. The maximum absolute atomic E-state index is 6.04. The van der Waals surface area contributed by atoms with Gasteiger partial charge in [0.25, 0.3) is 0 Å². The van der Waals surface area contributed by atoms with E-state index in [2.05, 4.69) is 16.4 Å². The molecule has 0 spiro atoms. The first-order chi connectivity index (χ1) is 7.25. The van der Waals surface area contributed by atoms with Crippen LogP contribution in [-0.4, -0.2) is 22.5 Å². The average Bonchev–Trinajstić information content (AvgIpc) is 2.25. The molecular formula is C11H15ClN2S. The van der Waals surface area contributed by atoms with Crippen molar-refractivity contribution in [2.75, 3.05) is 16.8 Å². The minimum atomic E-state index is 0.546. The molecular weight excluding hydrogens is 228 g/mol. The highest BCUT2D eigenvalue weighted by atomic mass is 35.5. The van der Waals surface area contributed by atoms with Crippen LogP contribution < -0.4 is 5.32 Å². The highest BCUT2D eigenvalue weighted by Crippen LogP contribution is 2.25. The van der Waals surface area contributed by atoms with Crippen LogP contribution in [0.5, 0.6) is 0 Å². The van der Waals surface area contributed by atoms with Gasteiger partial charge >= 0.3 is 0 Å². The summed E-state index contributed by atoms with van der Waals surface area (Å²) < 4.78 is 0. The number of anilines is 1. The first-order valence-electron chi connectivity index (χ1n) is 5.22. The van der Waals surface area contributed by atoms with Gasteiger partial charge in [-0.1, -0.05) is 11.6 Å². The van der Waals surface area contributed by atoms with Crippen molar-refractivity contribution in [3.63, 3.8) is 0 Å². The third-order valence-corrected chi connectivity index (χ3v) is 4.01. The van der Waals surface area contributed by atoms with Gasteiger partial charge in [-0.15, -0.1) is 0 Å². The SMILES string of the molecule is Cc1cnc(Cl)c(NC2CCCSC2)c1. The number of nitrogens with one attached hydrogen (secondary N) is 1. The topological polar surface area (TPSA) is 24.9 Å². The van der Waals surface area contributed by atoms with Gasteiger partial charge in [-0.25, -0.2) is 4.98 Å². The Hall–Kier alpha value is -0.410. The Kier molecular flexibility index (Phi) is 3.76. The molecule has 1 aliphatic heterocycles. The summed E-state index contributed by atoms with van der Waals surface area (Å²) in [6.07, 6.45) is 4.32. The van der Waals surface area contributed by atoms with Crippen molar-refractivity contribution in [3.05, 3.63) is 23.0 Å². The highest BCUT2D eigenvalue weighted by Gasteiger charge is 2.14. The molecule has 2 nitrogen and oxygen atoms in total. The fourth-order valence-corrected chi connectivity index (χ4v) is 2.96. The van der Waals surface area contributed by atoms with Gasteiger partial charge in [-0.3, -0.25) is 0 Å². The van der Waals surface area contributed by atoms with E-state index in [1.165, 1.54) is 24.3 Å². The van der Waals surface area contributed by atoms with Crippen LogP contribution in [0.1, 0.15) is 18.4 Å². The molecule has 1 saturated heterocycles. The van der Waals surface area contributed by atoms with Crippen LogP contribution in [0, 0.1) is 6.92 Å². The van der Waals surface area contributed by atoms with Crippen molar-refractivity contribution >= 4 is 29.1 Å². The normalized spacial score (nSPS) is 21.3. The van der Waals surface area contributed by atoms with Crippen LogP contribution in [0.2, 0.25) is 5.15 Å². The van der Waals surface area contributed by atoms with Gasteiger partial charge in [0.05, 0.1) is 5.69 Å². The molecule has 0 aromatic carbocycles. The number of hydrogen-bond acceptors (Lipinski definition) is 3. The highest BCUT2D eigenvalue weighted by molar-refractivity contribution is 7.99. The monoisotopic (exact) mass is 242 g/mol. The summed E-state index contributed by atoms with van der Waals surface area (Å²) in [4.78, 5) is 4.14. The van der Waals surface area contributed by atoms with E-state index >= 15 is 0 Å². The van der Waals surface area contributed by atoms with Crippen LogP contribution in [0.4, 0.5) is 5.69 Å². The fraction of sp³-hybridized carbons (Fsp3) is 0.545. The summed E-state index contributed by atoms with van der Waals surface area (Å²) in [5.41, 5.74) is 2.12. The largest absolute Gasteiger partial charge is 0.379 e. The molecule has 82 valence electrons. The molecule has 4 heteroatoms. The maximum atomic E-state index is 6.04. The van der Waals surface area contributed by atoms with Crippen molar-refractivity contribution in [3.8, 4) is 0 Å². The zero-order chi connectivity index (χ0) is 10.7. The Bertz CT molecular complexity index is 337. The van der Waals surface area contributed by atoms with E-state index in [0.29, 0.717) is 11.2 Å². The molecule has 2 rings (SSSR count). The molecule has 1 N–H and O–H groups in total. The number of aryl methyl sites for hydroxylation is 1. The number of pyridine rings is 1. The van der Waals surface area contributed by atoms with Gasteiger partial charge in [-0.05, 0) is 37.1 Å². The van der Waals surface area contributed by atoms with Crippen molar-refractivity contribution in [2.24, 2.45) is 0 Å². The predicted octanol–water partition coefficient (Wildman–Crippen LogP) is 3.35. The van der Waals surface area contributed by atoms with Crippen LogP contribution in [0.3, 0.4) is 0 Å². The van der Waals surface area contributed by atoms with Crippen molar-refractivity contribution in [2.45, 2.75) is 25.8 Å². The molecule has 15 heavy (non-hydrogen) atoms. The molecule has 1 atom stereocenters. The number of thioether (sulfide) groups is 1. The van der Waals surface area contributed by atoms with Gasteiger partial charge < -0.3 is 5.32 Å². The van der Waals surface area contributed by atoms with Crippen LogP contribution in [0.15, 0.2) is 12.3 Å². The lowest BCUT2D eigenvalue weighted by Crippen LogP contribution is -2.25. The van der Waals surface area contributed by atoms with E-state index in [-0.39, 0.29) is 0 Å². The maximum Gasteiger partial charge on any atom is 0.152 e. The summed E-state index contributed by atoms with van der Waals surface area (Å²) in [6.45, 7) is 2.03. The van der Waals surface area contributed by atoms with Crippen molar-refractivity contribution in [1.29, 1.82) is 0 Å². The molecule has 1 unspecified atom stereocenters. The zero-order valence-electron chi connectivity index (χ0n) is 8.79. The molecule has 0 saturated carbocycles. The van der Waals surface area contributed by atoms with Crippen LogP contribution in [0.25, 0.3) is 0 Å². The van der Waals surface area contributed by atoms with E-state index in [1.54, 1.807) is 6.20 Å². The Labute approximate surface area is 99.8 Å². The molecule has 0 radical (unpaired) electrons. The Balaban J connectivity index is 2.05. The van der Waals surface area contributed by atoms with Gasteiger partial charge in [0.2, 0.25) is 0 Å². The summed E-state index contributed by atoms with van der Waals surface area (Å²) in [6, 6.07) is 2.61. The van der Waals surface area contributed by atoms with Gasteiger partial charge in [0.15, 0.2) is 5.15 Å². The zero-order valence-corrected chi connectivity index (χ0v) is 10.4. The third-order valence-electron chi connectivity index (χ3n) is 2.50. The predicted molar refractivity (Wildman–Crippen MR) is 68.0 cm³/mol. The van der Waals surface area contributed by atoms with Gasteiger partial charge in [0.1, 0.15) is 0 Å². The summed E-state index contributed by atoms with van der Waals surface area (Å²) >= 11 is 8.04. The molecule has 1 aliphatic rings. The average molecular weight is 243 g/mol. The summed E-state index contributed by atoms with van der Waals surface area (Å²) in [5, 5.41) is 4.05. The van der Waals surface area contributed by atoms with Crippen LogP contribution in [-0.2, 0) is 0 Å². The minimum Gasteiger partial charge on any atom is -0.379 e. The van der Waals surface area contributed by atoms with E-state index in [1.807, 2.05) is 18.7 Å². The molecule has 0 aliphatic carbocycles. The Morgan fingerprint density at radius 1 is 1.60 bits per heavy atom. The lowest BCUT2D eigenvalue weighted by molar-refractivity contribution is 0.685. The van der Waals surface area contributed by atoms with E-state index in [9.17, 15) is 0 Å². The smallest absolute Gasteiger partial charge is 0.152 e. The van der Waals surface area contributed by atoms with Crippen molar-refractivity contribution < 1.29 is 0 Å². The quantitative estimate of drug-likeness (QED) is 0.806. The van der Waals surface area contributed by atoms with Gasteiger partial charge in [-0.2, -0.15) is 11.8 Å². The number of rotatable bonds is 2. The summed E-state index contributed by atoms with van der Waals surface area (Å²) in [7, 11) is 0. The molecule has 1 fully saturated rings. The lowest BCUT2D eigenvalue weighted by atomic mass is 10.2. The first kappa shape index (κ1) is 11.1. The van der Waals surface area contributed by atoms with E-state index in [0.717, 1.165) is 11.3 Å². The van der Waals surface area contributed by atoms with Crippen molar-refractivity contribution in [1.82, 2.24) is 4.98 Å². The second kappa shape index (κ2) is 5.08. The third kappa shape index (κ3) is 3.02. The number of aromatic nitrogens is 1. The van der Waals surface area contributed by atoms with E-state index < -0.39 is 0 Å². The number of hydrogen-bond donors (Lipinski definition) is 1. The molecule has 1 aromatic rings. The minimum absolute atomic E-state index is 0.546. The lowest BCUT2D eigenvalue weighted by Gasteiger charge is -2.23. The second-order valence-electron chi connectivity index (χ2n) is 3.91. The number of nitrogens with zero attached hydrogens (tertiary/aromatic N) is 1. The first-order valence-corrected chi connectivity index (χ1v) is 6.75. The van der Waals surface area contributed by atoms with Crippen LogP contribution >= 0.6 is 23.4 Å². The fourth-order valence-electron chi connectivity index (χ4n) is 1.73. The molecule has 1 aromatic heterocycles. The standard InChI is InChI=1S/C11H15ClN2S/c1-8-5-10(11(12)13-6-8)14-9-3-2-4-15-7-9/h5-6,9,14H,2-4,7H2,1H3. The number of halogens is 1. The van der Waals surface area contributed by atoms with Gasteiger partial charge in [0, 0.05) is 18.0 Å². The molecule has 0 amide bonds. The summed E-state index contributed by atoms with van der Waals surface area (Å²) in [5.74, 6) is 2.46. The van der Waals surface area contributed by atoms with E-state index in [4.69, 9.17) is 11.6 Å². The second-order valence-corrected chi connectivity index (χ2v) is 5.42.